The van der Waals surface area contributed by atoms with Crippen LogP contribution in [0.25, 0.3) is 11.4 Å². The zero-order valence-corrected chi connectivity index (χ0v) is 11.8. The molecular formula is C14H19N5O. The Labute approximate surface area is 117 Å². The molecule has 0 spiro atoms. The van der Waals surface area contributed by atoms with Crippen LogP contribution in [-0.2, 0) is 0 Å². The number of nitrogens with zero attached hydrogens (tertiary/aromatic N) is 4. The van der Waals surface area contributed by atoms with Crippen molar-refractivity contribution >= 4 is 5.69 Å². The van der Waals surface area contributed by atoms with Crippen molar-refractivity contribution in [1.82, 2.24) is 20.2 Å². The molecule has 1 aliphatic rings. The van der Waals surface area contributed by atoms with Crippen LogP contribution in [0.4, 0.5) is 5.69 Å². The van der Waals surface area contributed by atoms with E-state index in [1.807, 2.05) is 29.8 Å². The third kappa shape index (κ3) is 2.11. The van der Waals surface area contributed by atoms with Crippen molar-refractivity contribution in [2.24, 2.45) is 5.92 Å². The van der Waals surface area contributed by atoms with Gasteiger partial charge in [0, 0.05) is 0 Å². The minimum atomic E-state index is 0.380. The lowest BCUT2D eigenvalue weighted by Gasteiger charge is -2.32. The summed E-state index contributed by atoms with van der Waals surface area (Å²) >= 11 is 0. The predicted octanol–water partition coefficient (Wildman–Crippen LogP) is 2.29. The summed E-state index contributed by atoms with van der Waals surface area (Å²) in [5.74, 6) is 2.14. The number of tetrazole rings is 1. The van der Waals surface area contributed by atoms with Crippen molar-refractivity contribution in [1.29, 1.82) is 0 Å². The van der Waals surface area contributed by atoms with Crippen LogP contribution in [0.15, 0.2) is 18.2 Å². The van der Waals surface area contributed by atoms with Gasteiger partial charge in [0.1, 0.15) is 0 Å². The average molecular weight is 273 g/mol. The summed E-state index contributed by atoms with van der Waals surface area (Å²) in [7, 11) is 0. The molecule has 3 rings (SSSR count). The normalized spacial score (nSPS) is 21.5. The zero-order valence-electron chi connectivity index (χ0n) is 11.8. The molecule has 0 amide bonds. The molecule has 0 aliphatic heterocycles. The second-order valence-corrected chi connectivity index (χ2v) is 5.33. The molecule has 1 saturated carbocycles. The summed E-state index contributed by atoms with van der Waals surface area (Å²) in [6, 6.07) is 6.06. The van der Waals surface area contributed by atoms with Gasteiger partial charge in [0.15, 0.2) is 11.6 Å². The maximum atomic E-state index is 6.01. The van der Waals surface area contributed by atoms with Crippen LogP contribution in [0, 0.1) is 5.92 Å². The molecule has 1 heterocycles. The van der Waals surface area contributed by atoms with Crippen molar-refractivity contribution in [2.75, 3.05) is 12.3 Å². The van der Waals surface area contributed by atoms with Crippen LogP contribution in [-0.4, -0.2) is 26.8 Å². The molecular weight excluding hydrogens is 254 g/mol. The van der Waals surface area contributed by atoms with Crippen LogP contribution >= 0.6 is 0 Å². The van der Waals surface area contributed by atoms with Crippen molar-refractivity contribution in [3.63, 3.8) is 0 Å². The summed E-state index contributed by atoms with van der Waals surface area (Å²) < 4.78 is 7.57. The van der Waals surface area contributed by atoms with Crippen molar-refractivity contribution in [3.8, 4) is 17.1 Å². The van der Waals surface area contributed by atoms with Gasteiger partial charge in [-0.2, -0.15) is 0 Å². The third-order valence-electron chi connectivity index (χ3n) is 3.76. The summed E-state index contributed by atoms with van der Waals surface area (Å²) in [4.78, 5) is 0. The number of benzene rings is 1. The maximum absolute atomic E-state index is 6.01. The fourth-order valence-corrected chi connectivity index (χ4v) is 2.71. The number of hydrogen-bond acceptors (Lipinski definition) is 5. The van der Waals surface area contributed by atoms with E-state index in [9.17, 15) is 0 Å². The average Bonchev–Trinajstić information content (AvgIpc) is 2.86. The van der Waals surface area contributed by atoms with E-state index in [-0.39, 0.29) is 0 Å². The standard InChI is InChI=1S/C14H19N5O/c1-3-20-13-11(5-4-6-12(13)15)14-16-17-18-19(14)10-7-9(2)8-10/h4-6,9-10H,3,7-8,15H2,1-2H3. The Kier molecular flexibility index (Phi) is 3.30. The lowest BCUT2D eigenvalue weighted by Crippen LogP contribution is -2.26. The number of aromatic nitrogens is 4. The molecule has 20 heavy (non-hydrogen) atoms. The molecule has 0 saturated heterocycles. The first-order valence-corrected chi connectivity index (χ1v) is 7.00. The van der Waals surface area contributed by atoms with Gasteiger partial charge >= 0.3 is 0 Å². The van der Waals surface area contributed by atoms with Crippen LogP contribution in [0.5, 0.6) is 5.75 Å². The quantitative estimate of drug-likeness (QED) is 0.865. The Hall–Kier alpha value is -2.11. The molecule has 6 heteroatoms. The van der Waals surface area contributed by atoms with Crippen molar-refractivity contribution < 1.29 is 4.74 Å². The lowest BCUT2D eigenvalue weighted by molar-refractivity contribution is 0.199. The van der Waals surface area contributed by atoms with Crippen LogP contribution in [0.3, 0.4) is 0 Å². The number of hydrogen-bond donors (Lipinski definition) is 1. The number of nitrogen functional groups attached to an aromatic ring is 1. The van der Waals surface area contributed by atoms with Gasteiger partial charge in [0.2, 0.25) is 0 Å². The molecule has 1 aromatic carbocycles. The van der Waals surface area contributed by atoms with Gasteiger partial charge < -0.3 is 10.5 Å². The Morgan fingerprint density at radius 3 is 2.90 bits per heavy atom. The Balaban J connectivity index is 2.01. The van der Waals surface area contributed by atoms with E-state index in [4.69, 9.17) is 10.5 Å². The van der Waals surface area contributed by atoms with Gasteiger partial charge in [0.25, 0.3) is 0 Å². The second-order valence-electron chi connectivity index (χ2n) is 5.33. The first-order chi connectivity index (χ1) is 9.70. The first kappa shape index (κ1) is 12.9. The predicted molar refractivity (Wildman–Crippen MR) is 76.3 cm³/mol. The highest BCUT2D eigenvalue weighted by molar-refractivity contribution is 5.73. The molecule has 2 aromatic rings. The van der Waals surface area contributed by atoms with Gasteiger partial charge in [-0.3, -0.25) is 0 Å². The number of anilines is 1. The van der Waals surface area contributed by atoms with Gasteiger partial charge in [-0.05, 0) is 48.2 Å². The monoisotopic (exact) mass is 273 g/mol. The number of ether oxygens (including phenoxy) is 1. The van der Waals surface area contributed by atoms with Gasteiger partial charge in [-0.25, -0.2) is 4.68 Å². The molecule has 2 N–H and O–H groups in total. The Morgan fingerprint density at radius 1 is 1.40 bits per heavy atom. The van der Waals surface area contributed by atoms with E-state index in [2.05, 4.69) is 22.4 Å². The van der Waals surface area contributed by atoms with Crippen molar-refractivity contribution in [2.45, 2.75) is 32.7 Å². The molecule has 0 bridgehead atoms. The van der Waals surface area contributed by atoms with Crippen LogP contribution in [0.1, 0.15) is 32.7 Å². The smallest absolute Gasteiger partial charge is 0.186 e. The molecule has 1 fully saturated rings. The van der Waals surface area contributed by atoms with E-state index in [0.29, 0.717) is 24.1 Å². The van der Waals surface area contributed by atoms with Gasteiger partial charge in [0.05, 0.1) is 23.9 Å². The van der Waals surface area contributed by atoms with Crippen LogP contribution in [0.2, 0.25) is 0 Å². The van der Waals surface area contributed by atoms with Gasteiger partial charge in [-0.1, -0.05) is 13.0 Å². The zero-order chi connectivity index (χ0) is 14.1. The highest BCUT2D eigenvalue weighted by Gasteiger charge is 2.31. The topological polar surface area (TPSA) is 78.8 Å². The minimum absolute atomic E-state index is 0.380. The van der Waals surface area contributed by atoms with E-state index in [1.54, 1.807) is 0 Å². The Bertz CT molecular complexity index is 603. The Morgan fingerprint density at radius 2 is 2.20 bits per heavy atom. The van der Waals surface area contributed by atoms with E-state index in [1.165, 1.54) is 0 Å². The van der Waals surface area contributed by atoms with E-state index in [0.717, 1.165) is 30.1 Å². The fraction of sp³-hybridized carbons (Fsp3) is 0.500. The molecule has 106 valence electrons. The molecule has 0 atom stereocenters. The maximum Gasteiger partial charge on any atom is 0.186 e. The van der Waals surface area contributed by atoms with Crippen molar-refractivity contribution in [3.05, 3.63) is 18.2 Å². The third-order valence-corrected chi connectivity index (χ3v) is 3.76. The molecule has 1 aromatic heterocycles. The number of nitrogens with two attached hydrogens (primary N) is 1. The van der Waals surface area contributed by atoms with E-state index >= 15 is 0 Å². The summed E-state index contributed by atoms with van der Waals surface area (Å²) in [6.45, 7) is 4.74. The largest absolute Gasteiger partial charge is 0.491 e. The summed E-state index contributed by atoms with van der Waals surface area (Å²) in [5.41, 5.74) is 7.48. The highest BCUT2D eigenvalue weighted by atomic mass is 16.5. The van der Waals surface area contributed by atoms with Crippen LogP contribution < -0.4 is 10.5 Å². The first-order valence-electron chi connectivity index (χ1n) is 7.00. The molecule has 6 nitrogen and oxygen atoms in total. The number of rotatable bonds is 4. The molecule has 0 radical (unpaired) electrons. The van der Waals surface area contributed by atoms with Gasteiger partial charge in [-0.15, -0.1) is 5.10 Å². The molecule has 0 unspecified atom stereocenters. The minimum Gasteiger partial charge on any atom is -0.491 e. The summed E-state index contributed by atoms with van der Waals surface area (Å²) in [6.07, 6.45) is 2.23. The number of para-hydroxylation sites is 1. The fourth-order valence-electron chi connectivity index (χ4n) is 2.71. The highest BCUT2D eigenvalue weighted by Crippen LogP contribution is 2.40. The lowest BCUT2D eigenvalue weighted by atomic mass is 9.82. The second kappa shape index (κ2) is 5.11. The SMILES string of the molecule is CCOc1c(N)cccc1-c1nnnn1C1CC(C)C1. The summed E-state index contributed by atoms with van der Waals surface area (Å²) in [5, 5.41) is 12.1. The molecule has 1 aliphatic carbocycles. The van der Waals surface area contributed by atoms with E-state index < -0.39 is 0 Å².